The summed E-state index contributed by atoms with van der Waals surface area (Å²) in [5.74, 6) is 1.28. The van der Waals surface area contributed by atoms with Gasteiger partial charge in [-0.2, -0.15) is 0 Å². The summed E-state index contributed by atoms with van der Waals surface area (Å²) < 4.78 is 0. The Hall–Kier alpha value is -1.79. The van der Waals surface area contributed by atoms with E-state index in [2.05, 4.69) is 38.1 Å². The lowest BCUT2D eigenvalue weighted by atomic mass is 9.98. The van der Waals surface area contributed by atoms with Gasteiger partial charge in [0.25, 0.3) is 0 Å². The van der Waals surface area contributed by atoms with Crippen LogP contribution in [-0.2, 0) is 11.2 Å². The largest absolute Gasteiger partial charge is 0.473 e. The third-order valence-corrected chi connectivity index (χ3v) is 6.27. The first-order valence-corrected chi connectivity index (χ1v) is 12.0. The van der Waals surface area contributed by atoms with Crippen LogP contribution < -0.4 is 0 Å². The fourth-order valence-corrected chi connectivity index (χ4v) is 4.29. The van der Waals surface area contributed by atoms with Crippen molar-refractivity contribution in [3.8, 4) is 0 Å². The molecule has 2 atom stereocenters. The van der Waals surface area contributed by atoms with Gasteiger partial charge in [-0.05, 0) is 54.5 Å². The van der Waals surface area contributed by atoms with Crippen LogP contribution in [0.1, 0.15) is 69.4 Å². The first kappa shape index (κ1) is 24.5. The Morgan fingerprint density at radius 3 is 2.63 bits per heavy atom. The quantitative estimate of drug-likeness (QED) is 0.369. The summed E-state index contributed by atoms with van der Waals surface area (Å²) in [6.07, 6.45) is 8.84. The van der Waals surface area contributed by atoms with Crippen LogP contribution in [0.5, 0.6) is 0 Å². The van der Waals surface area contributed by atoms with Crippen LogP contribution in [-0.4, -0.2) is 50.8 Å². The lowest BCUT2D eigenvalue weighted by Gasteiger charge is -2.34. The maximum absolute atomic E-state index is 12.4. The van der Waals surface area contributed by atoms with Gasteiger partial charge in [0.1, 0.15) is 0 Å². The fourth-order valence-electron chi connectivity index (χ4n) is 3.76. The lowest BCUT2D eigenvalue weighted by molar-refractivity contribution is -0.135. The highest BCUT2D eigenvalue weighted by Gasteiger charge is 2.25. The van der Waals surface area contributed by atoms with Crippen LogP contribution in [0.4, 0.5) is 4.79 Å². The standard InChI is InChI=1S/C24H35NO4S/c1-18(2)20-11-9-19(10-12-20)17-22(26)14-13-21-7-6-8-23(27)25(21)15-4-3-5-16-30-24(28)29/h9-14,18,21-22,26H,3-8,15-17H2,1-2H3,(H,28,29)/t21-,22?/m1/s1. The van der Waals surface area contributed by atoms with Crippen molar-refractivity contribution in [3.63, 3.8) is 0 Å². The summed E-state index contributed by atoms with van der Waals surface area (Å²) in [6, 6.07) is 8.43. The van der Waals surface area contributed by atoms with Gasteiger partial charge in [-0.1, -0.05) is 56.7 Å². The number of carboxylic acid groups (broad SMARTS) is 1. The summed E-state index contributed by atoms with van der Waals surface area (Å²) in [5, 5.41) is 18.3. The van der Waals surface area contributed by atoms with Crippen LogP contribution in [0.3, 0.4) is 0 Å². The number of carbonyl (C=O) groups is 2. The van der Waals surface area contributed by atoms with E-state index in [0.717, 1.165) is 49.4 Å². The molecule has 1 saturated heterocycles. The second-order valence-electron chi connectivity index (χ2n) is 8.27. The number of aliphatic hydroxyl groups is 1. The number of aliphatic hydroxyl groups excluding tert-OH is 1. The third kappa shape index (κ3) is 8.52. The molecule has 0 saturated carbocycles. The Labute approximate surface area is 184 Å². The van der Waals surface area contributed by atoms with Crippen LogP contribution in [0, 0.1) is 0 Å². The molecule has 0 spiro atoms. The number of piperidine rings is 1. The SMILES string of the molecule is CC(C)c1ccc(CC(O)C=C[C@H]2CCCC(=O)N2CCCCCSC(=O)O)cc1. The fraction of sp³-hybridized carbons (Fsp3) is 0.583. The summed E-state index contributed by atoms with van der Waals surface area (Å²) in [7, 11) is 0. The van der Waals surface area contributed by atoms with Crippen molar-refractivity contribution in [3.05, 3.63) is 47.5 Å². The average Bonchev–Trinajstić information content (AvgIpc) is 2.70. The minimum absolute atomic E-state index is 0.0395. The van der Waals surface area contributed by atoms with Crippen molar-refractivity contribution in [2.75, 3.05) is 12.3 Å². The molecular weight excluding hydrogens is 398 g/mol. The number of unbranched alkanes of at least 4 members (excludes halogenated alkanes) is 2. The van der Waals surface area contributed by atoms with Gasteiger partial charge in [0.15, 0.2) is 0 Å². The molecule has 0 radical (unpaired) electrons. The Morgan fingerprint density at radius 1 is 1.23 bits per heavy atom. The van der Waals surface area contributed by atoms with Gasteiger partial charge in [-0.3, -0.25) is 4.79 Å². The van der Waals surface area contributed by atoms with E-state index in [1.807, 2.05) is 17.1 Å². The van der Waals surface area contributed by atoms with Crippen LogP contribution in [0.25, 0.3) is 0 Å². The molecule has 6 heteroatoms. The Kier molecular flexibility index (Phi) is 10.4. The van der Waals surface area contributed by atoms with Crippen molar-refractivity contribution in [2.24, 2.45) is 0 Å². The number of benzene rings is 1. The van der Waals surface area contributed by atoms with E-state index in [-0.39, 0.29) is 11.9 Å². The summed E-state index contributed by atoms with van der Waals surface area (Å²) >= 11 is 0.929. The monoisotopic (exact) mass is 433 g/mol. The Morgan fingerprint density at radius 2 is 1.97 bits per heavy atom. The molecule has 1 amide bonds. The summed E-state index contributed by atoms with van der Waals surface area (Å²) in [6.45, 7) is 5.02. The Balaban J connectivity index is 1.82. The highest BCUT2D eigenvalue weighted by Crippen LogP contribution is 2.21. The molecule has 0 bridgehead atoms. The second kappa shape index (κ2) is 12.8. The molecule has 1 aliphatic heterocycles. The number of hydrogen-bond donors (Lipinski definition) is 2. The highest BCUT2D eigenvalue weighted by molar-refractivity contribution is 8.13. The number of amides is 1. The van der Waals surface area contributed by atoms with Gasteiger partial charge < -0.3 is 15.1 Å². The van der Waals surface area contributed by atoms with E-state index in [9.17, 15) is 14.7 Å². The van der Waals surface area contributed by atoms with Crippen LogP contribution in [0.2, 0.25) is 0 Å². The first-order chi connectivity index (χ1) is 14.4. The molecular formula is C24H35NO4S. The van der Waals surface area contributed by atoms with Gasteiger partial charge >= 0.3 is 5.30 Å². The molecule has 1 heterocycles. The van der Waals surface area contributed by atoms with E-state index in [1.165, 1.54) is 5.56 Å². The molecule has 30 heavy (non-hydrogen) atoms. The zero-order valence-corrected chi connectivity index (χ0v) is 18.9. The maximum Gasteiger partial charge on any atom is 0.364 e. The smallest absolute Gasteiger partial charge is 0.364 e. The van der Waals surface area contributed by atoms with E-state index in [4.69, 9.17) is 5.11 Å². The predicted octanol–water partition coefficient (Wildman–Crippen LogP) is 5.23. The molecule has 166 valence electrons. The van der Waals surface area contributed by atoms with Gasteiger partial charge in [-0.25, -0.2) is 4.79 Å². The molecule has 1 aromatic carbocycles. The molecule has 0 aromatic heterocycles. The third-order valence-electron chi connectivity index (χ3n) is 5.53. The topological polar surface area (TPSA) is 77.8 Å². The maximum atomic E-state index is 12.4. The number of rotatable bonds is 11. The van der Waals surface area contributed by atoms with E-state index in [1.54, 1.807) is 0 Å². The predicted molar refractivity (Wildman–Crippen MR) is 123 cm³/mol. The van der Waals surface area contributed by atoms with E-state index >= 15 is 0 Å². The van der Waals surface area contributed by atoms with Gasteiger partial charge in [-0.15, -0.1) is 0 Å². The van der Waals surface area contributed by atoms with E-state index < -0.39 is 11.4 Å². The summed E-state index contributed by atoms with van der Waals surface area (Å²) in [5.41, 5.74) is 2.40. The zero-order chi connectivity index (χ0) is 21.9. The van der Waals surface area contributed by atoms with Gasteiger partial charge in [0, 0.05) is 25.1 Å². The molecule has 1 aliphatic rings. The number of likely N-dealkylation sites (tertiary alicyclic amines) is 1. The molecule has 1 unspecified atom stereocenters. The average molecular weight is 434 g/mol. The molecule has 0 aliphatic carbocycles. The number of thioether (sulfide) groups is 1. The Bertz CT molecular complexity index is 702. The van der Waals surface area contributed by atoms with Crippen molar-refractivity contribution in [1.82, 2.24) is 4.90 Å². The molecule has 5 nitrogen and oxygen atoms in total. The molecule has 1 aromatic rings. The normalized spacial score (nSPS) is 18.3. The van der Waals surface area contributed by atoms with Crippen LogP contribution >= 0.6 is 11.8 Å². The number of hydrogen-bond acceptors (Lipinski definition) is 4. The zero-order valence-electron chi connectivity index (χ0n) is 18.1. The van der Waals surface area contributed by atoms with Crippen molar-refractivity contribution >= 4 is 23.0 Å². The van der Waals surface area contributed by atoms with Gasteiger partial charge in [0.05, 0.1) is 12.1 Å². The molecule has 1 fully saturated rings. The van der Waals surface area contributed by atoms with Crippen molar-refractivity contribution < 1.29 is 19.8 Å². The minimum Gasteiger partial charge on any atom is -0.473 e. The number of carbonyl (C=O) groups excluding carboxylic acids is 1. The lowest BCUT2D eigenvalue weighted by Crippen LogP contribution is -2.43. The van der Waals surface area contributed by atoms with E-state index in [0.29, 0.717) is 31.1 Å². The van der Waals surface area contributed by atoms with Gasteiger partial charge in [0.2, 0.25) is 5.91 Å². The minimum atomic E-state index is -0.833. The van der Waals surface area contributed by atoms with Crippen molar-refractivity contribution in [1.29, 1.82) is 0 Å². The first-order valence-electron chi connectivity index (χ1n) is 11.0. The highest BCUT2D eigenvalue weighted by atomic mass is 32.2. The summed E-state index contributed by atoms with van der Waals surface area (Å²) in [4.78, 5) is 24.8. The molecule has 2 rings (SSSR count). The van der Waals surface area contributed by atoms with Crippen molar-refractivity contribution in [2.45, 2.75) is 76.9 Å². The second-order valence-corrected chi connectivity index (χ2v) is 9.32. The molecule has 2 N–H and O–H groups in total. The van der Waals surface area contributed by atoms with Crippen LogP contribution in [0.15, 0.2) is 36.4 Å². The number of nitrogens with zero attached hydrogens (tertiary/aromatic N) is 1.